The summed E-state index contributed by atoms with van der Waals surface area (Å²) in [4.78, 5) is 23.1. The van der Waals surface area contributed by atoms with Crippen molar-refractivity contribution in [1.29, 1.82) is 0 Å². The van der Waals surface area contributed by atoms with Gasteiger partial charge in [0.05, 0.1) is 5.52 Å². The van der Waals surface area contributed by atoms with Crippen LogP contribution in [0.15, 0.2) is 35.1 Å². The number of carboxylic acids is 1. The largest absolute Gasteiger partial charge is 0.480 e. The number of aromatic nitrogens is 1. The first-order valence-corrected chi connectivity index (χ1v) is 5.67. The fraction of sp³-hybridized carbons (Fsp3) is 0.231. The molecule has 0 saturated carbocycles. The summed E-state index contributed by atoms with van der Waals surface area (Å²) in [5.41, 5.74) is 6.10. The molecule has 0 bridgehead atoms. The topological polar surface area (TPSA) is 85.3 Å². The Morgan fingerprint density at radius 3 is 2.72 bits per heavy atom. The molecule has 0 aliphatic heterocycles. The van der Waals surface area contributed by atoms with Gasteiger partial charge in [-0.25, -0.2) is 0 Å². The molecule has 0 spiro atoms. The molecule has 0 amide bonds. The first kappa shape index (κ1) is 12.3. The van der Waals surface area contributed by atoms with Gasteiger partial charge in [-0.15, -0.1) is 0 Å². The van der Waals surface area contributed by atoms with Gasteiger partial charge in [0.1, 0.15) is 6.04 Å². The molecule has 0 fully saturated rings. The van der Waals surface area contributed by atoms with E-state index in [1.54, 1.807) is 6.07 Å². The summed E-state index contributed by atoms with van der Waals surface area (Å²) in [6.45, 7) is 2.31. The highest BCUT2D eigenvalue weighted by molar-refractivity contribution is 5.82. The number of hydrogen-bond donors (Lipinski definition) is 2. The number of pyridine rings is 1. The number of aliphatic carboxylic acids is 1. The maximum absolute atomic E-state index is 12.2. The lowest BCUT2D eigenvalue weighted by molar-refractivity contribution is -0.138. The standard InChI is InChI=1S/C13H14N2O3/c1-2-15-10-6-4-3-5-8(10)7-9(12(15)16)11(14)13(17)18/h3-7,11H,2,14H2,1H3,(H,17,18). The Morgan fingerprint density at radius 1 is 1.44 bits per heavy atom. The first-order valence-electron chi connectivity index (χ1n) is 5.67. The predicted octanol–water partition coefficient (Wildman–Crippen LogP) is 1.11. The minimum absolute atomic E-state index is 0.114. The molecule has 2 rings (SSSR count). The molecule has 1 aromatic heterocycles. The number of carbonyl (C=O) groups is 1. The molecule has 0 aliphatic rings. The van der Waals surface area contributed by atoms with Gasteiger partial charge in [0, 0.05) is 12.1 Å². The van der Waals surface area contributed by atoms with Crippen molar-refractivity contribution in [2.45, 2.75) is 19.5 Å². The molecule has 3 N–H and O–H groups in total. The number of rotatable bonds is 3. The maximum atomic E-state index is 12.2. The van der Waals surface area contributed by atoms with Crippen molar-refractivity contribution >= 4 is 16.9 Å². The highest BCUT2D eigenvalue weighted by Gasteiger charge is 2.20. The third-order valence-electron chi connectivity index (χ3n) is 2.95. The zero-order valence-corrected chi connectivity index (χ0v) is 9.96. The Bertz CT molecular complexity index is 661. The molecule has 1 heterocycles. The number of benzene rings is 1. The van der Waals surface area contributed by atoms with Crippen molar-refractivity contribution in [3.8, 4) is 0 Å². The Balaban J connectivity index is 2.81. The van der Waals surface area contributed by atoms with E-state index >= 15 is 0 Å². The summed E-state index contributed by atoms with van der Waals surface area (Å²) in [7, 11) is 0. The van der Waals surface area contributed by atoms with Crippen LogP contribution < -0.4 is 11.3 Å². The lowest BCUT2D eigenvalue weighted by Crippen LogP contribution is -2.32. The third kappa shape index (κ3) is 1.89. The molecule has 0 aliphatic carbocycles. The van der Waals surface area contributed by atoms with Gasteiger partial charge in [0.2, 0.25) is 0 Å². The number of carboxylic acid groups (broad SMARTS) is 1. The second kappa shape index (κ2) is 4.62. The number of fused-ring (bicyclic) bond motifs is 1. The van der Waals surface area contributed by atoms with Gasteiger partial charge >= 0.3 is 5.97 Å². The minimum atomic E-state index is -1.29. The maximum Gasteiger partial charge on any atom is 0.325 e. The number of hydrogen-bond acceptors (Lipinski definition) is 3. The molecule has 5 nitrogen and oxygen atoms in total. The second-order valence-electron chi connectivity index (χ2n) is 4.02. The van der Waals surface area contributed by atoms with E-state index in [1.807, 2.05) is 31.2 Å². The fourth-order valence-corrected chi connectivity index (χ4v) is 2.02. The van der Waals surface area contributed by atoms with Crippen molar-refractivity contribution < 1.29 is 9.90 Å². The van der Waals surface area contributed by atoms with Crippen molar-refractivity contribution in [3.05, 3.63) is 46.2 Å². The van der Waals surface area contributed by atoms with E-state index in [1.165, 1.54) is 4.57 Å². The molecule has 5 heteroatoms. The van der Waals surface area contributed by atoms with E-state index in [-0.39, 0.29) is 11.1 Å². The van der Waals surface area contributed by atoms with Gasteiger partial charge < -0.3 is 15.4 Å². The summed E-state index contributed by atoms with van der Waals surface area (Å²) in [6, 6.07) is 7.60. The SMILES string of the molecule is CCn1c(=O)c(C(N)C(=O)O)cc2ccccc21. The van der Waals surface area contributed by atoms with Gasteiger partial charge in [-0.3, -0.25) is 9.59 Å². The van der Waals surface area contributed by atoms with E-state index < -0.39 is 12.0 Å². The molecular formula is C13H14N2O3. The van der Waals surface area contributed by atoms with Crippen LogP contribution in [-0.4, -0.2) is 15.6 Å². The molecule has 18 heavy (non-hydrogen) atoms. The lowest BCUT2D eigenvalue weighted by atomic mass is 10.1. The monoisotopic (exact) mass is 246 g/mol. The average Bonchev–Trinajstić information content (AvgIpc) is 2.37. The summed E-state index contributed by atoms with van der Waals surface area (Å²) >= 11 is 0. The van der Waals surface area contributed by atoms with Crippen LogP contribution in [0.1, 0.15) is 18.5 Å². The molecular weight excluding hydrogens is 232 g/mol. The summed E-state index contributed by atoms with van der Waals surface area (Å²) in [6.07, 6.45) is 0. The lowest BCUT2D eigenvalue weighted by Gasteiger charge is -2.13. The molecule has 1 aromatic carbocycles. The molecule has 1 unspecified atom stereocenters. The van der Waals surface area contributed by atoms with Crippen molar-refractivity contribution in [2.75, 3.05) is 0 Å². The van der Waals surface area contributed by atoms with Crippen molar-refractivity contribution in [1.82, 2.24) is 4.57 Å². The van der Waals surface area contributed by atoms with Crippen LogP contribution in [0.5, 0.6) is 0 Å². The Kier molecular flexibility index (Phi) is 3.16. The second-order valence-corrected chi connectivity index (χ2v) is 4.02. The van der Waals surface area contributed by atoms with Gasteiger partial charge in [0.25, 0.3) is 5.56 Å². The van der Waals surface area contributed by atoms with Crippen molar-refractivity contribution in [3.63, 3.8) is 0 Å². The first-order chi connectivity index (χ1) is 8.56. The number of nitrogens with two attached hydrogens (primary N) is 1. The van der Waals surface area contributed by atoms with E-state index in [4.69, 9.17) is 10.8 Å². The van der Waals surface area contributed by atoms with Gasteiger partial charge in [0.15, 0.2) is 0 Å². The molecule has 1 atom stereocenters. The quantitative estimate of drug-likeness (QED) is 0.849. The molecule has 2 aromatic rings. The van der Waals surface area contributed by atoms with E-state index in [9.17, 15) is 9.59 Å². The fourth-order valence-electron chi connectivity index (χ4n) is 2.02. The van der Waals surface area contributed by atoms with Crippen LogP contribution in [0.25, 0.3) is 10.9 Å². The summed E-state index contributed by atoms with van der Waals surface area (Å²) < 4.78 is 1.54. The summed E-state index contributed by atoms with van der Waals surface area (Å²) in [5, 5.41) is 9.73. The Labute approximate surface area is 103 Å². The normalized spacial score (nSPS) is 12.6. The van der Waals surface area contributed by atoms with E-state index in [2.05, 4.69) is 0 Å². The average molecular weight is 246 g/mol. The predicted molar refractivity (Wildman–Crippen MR) is 68.4 cm³/mol. The van der Waals surface area contributed by atoms with Gasteiger partial charge in [-0.2, -0.15) is 0 Å². The number of aryl methyl sites for hydroxylation is 1. The Morgan fingerprint density at radius 2 is 2.11 bits per heavy atom. The van der Waals surface area contributed by atoms with Crippen LogP contribution in [0.2, 0.25) is 0 Å². The minimum Gasteiger partial charge on any atom is -0.480 e. The smallest absolute Gasteiger partial charge is 0.325 e. The zero-order valence-electron chi connectivity index (χ0n) is 9.96. The zero-order chi connectivity index (χ0) is 13.3. The molecule has 0 saturated heterocycles. The van der Waals surface area contributed by atoms with Crippen LogP contribution in [0.4, 0.5) is 0 Å². The Hall–Kier alpha value is -2.14. The highest BCUT2D eigenvalue weighted by Crippen LogP contribution is 2.16. The number of nitrogens with zero attached hydrogens (tertiary/aromatic N) is 1. The molecule has 94 valence electrons. The van der Waals surface area contributed by atoms with Crippen LogP contribution in [0.3, 0.4) is 0 Å². The summed E-state index contributed by atoms with van der Waals surface area (Å²) in [5.74, 6) is -1.20. The van der Waals surface area contributed by atoms with E-state index in [0.717, 1.165) is 10.9 Å². The third-order valence-corrected chi connectivity index (χ3v) is 2.95. The van der Waals surface area contributed by atoms with Gasteiger partial charge in [-0.05, 0) is 24.4 Å². The van der Waals surface area contributed by atoms with Crippen LogP contribution >= 0.6 is 0 Å². The van der Waals surface area contributed by atoms with E-state index in [0.29, 0.717) is 6.54 Å². The van der Waals surface area contributed by atoms with Gasteiger partial charge in [-0.1, -0.05) is 18.2 Å². The number of para-hydroxylation sites is 1. The molecule has 0 radical (unpaired) electrons. The van der Waals surface area contributed by atoms with Crippen LogP contribution in [0, 0.1) is 0 Å². The van der Waals surface area contributed by atoms with Crippen LogP contribution in [-0.2, 0) is 11.3 Å². The van der Waals surface area contributed by atoms with Crippen molar-refractivity contribution in [2.24, 2.45) is 5.73 Å². The highest BCUT2D eigenvalue weighted by atomic mass is 16.4.